The lowest BCUT2D eigenvalue weighted by Crippen LogP contribution is -2.44. The second-order valence-electron chi connectivity index (χ2n) is 8.75. The normalized spacial score (nSPS) is 13.9. The lowest BCUT2D eigenvalue weighted by atomic mass is 10.1. The summed E-state index contributed by atoms with van der Waals surface area (Å²) in [4.78, 5) is 41.7. The molecule has 0 saturated heterocycles. The third-order valence-corrected chi connectivity index (χ3v) is 6.10. The molecule has 11 heteroatoms. The van der Waals surface area contributed by atoms with Crippen molar-refractivity contribution in [3.8, 4) is 0 Å². The topological polar surface area (TPSA) is 182 Å². The molecule has 3 rings (SSSR count). The summed E-state index contributed by atoms with van der Waals surface area (Å²) in [6.45, 7) is 4.05. The fourth-order valence-electron chi connectivity index (χ4n) is 3.83. The Hall–Kier alpha value is -3.64. The van der Waals surface area contributed by atoms with Gasteiger partial charge in [0.25, 0.3) is 11.5 Å². The molecule has 0 radical (unpaired) electrons. The van der Waals surface area contributed by atoms with Crippen LogP contribution in [-0.2, 0) is 13.1 Å². The molecule has 0 fully saturated rings. The van der Waals surface area contributed by atoms with Crippen molar-refractivity contribution >= 4 is 22.9 Å². The number of nitrogens with zero attached hydrogens (tertiary/aromatic N) is 2. The van der Waals surface area contributed by atoms with Gasteiger partial charge in [-0.3, -0.25) is 9.59 Å². The molecule has 0 spiro atoms. The van der Waals surface area contributed by atoms with Gasteiger partial charge in [0.1, 0.15) is 18.3 Å². The molecular weight excluding hydrogens is 470 g/mol. The number of carboxylic acids is 1. The highest BCUT2D eigenvalue weighted by atomic mass is 16.4. The number of aromatic carboxylic acids is 1. The van der Waals surface area contributed by atoms with Crippen LogP contribution in [-0.4, -0.2) is 71.9 Å². The number of aryl methyl sites for hydroxylation is 3. The van der Waals surface area contributed by atoms with E-state index >= 15 is 0 Å². The van der Waals surface area contributed by atoms with Gasteiger partial charge in [0.05, 0.1) is 29.7 Å². The van der Waals surface area contributed by atoms with Crippen LogP contribution in [0.15, 0.2) is 35.1 Å². The van der Waals surface area contributed by atoms with Gasteiger partial charge in [-0.2, -0.15) is 0 Å². The minimum atomic E-state index is -1.73. The number of aliphatic hydroxyl groups excluding tert-OH is 4. The fraction of sp³-hybridized carbons (Fsp3) is 0.360. The Labute approximate surface area is 206 Å². The molecule has 0 aliphatic carbocycles. The fourth-order valence-corrected chi connectivity index (χ4v) is 3.83. The first-order chi connectivity index (χ1) is 16.9. The van der Waals surface area contributed by atoms with Crippen LogP contribution in [0, 0.1) is 20.8 Å². The maximum atomic E-state index is 13.3. The molecule has 192 valence electrons. The first-order valence-electron chi connectivity index (χ1n) is 11.2. The van der Waals surface area contributed by atoms with Gasteiger partial charge in [-0.25, -0.2) is 9.78 Å². The molecule has 1 heterocycles. The zero-order valence-corrected chi connectivity index (χ0v) is 20.1. The Bertz CT molecular complexity index is 1370. The lowest BCUT2D eigenvalue weighted by molar-refractivity contribution is -0.0805. The van der Waals surface area contributed by atoms with Crippen LogP contribution in [0.5, 0.6) is 0 Å². The Morgan fingerprint density at radius 2 is 1.67 bits per heavy atom. The minimum Gasteiger partial charge on any atom is -0.478 e. The predicted molar refractivity (Wildman–Crippen MR) is 130 cm³/mol. The lowest BCUT2D eigenvalue weighted by Gasteiger charge is -2.23. The number of carboxylic acid groups (broad SMARTS) is 1. The van der Waals surface area contributed by atoms with Gasteiger partial charge >= 0.3 is 5.97 Å². The largest absolute Gasteiger partial charge is 0.478 e. The molecule has 1 aromatic heterocycles. The van der Waals surface area contributed by atoms with Crippen LogP contribution < -0.4 is 10.9 Å². The predicted octanol–water partition coefficient (Wildman–Crippen LogP) is 0.0250. The molecule has 3 aromatic rings. The number of amides is 1. The van der Waals surface area contributed by atoms with Crippen molar-refractivity contribution in [2.24, 2.45) is 0 Å². The van der Waals surface area contributed by atoms with Crippen molar-refractivity contribution in [1.29, 1.82) is 0 Å². The van der Waals surface area contributed by atoms with Crippen molar-refractivity contribution in [1.82, 2.24) is 14.9 Å². The summed E-state index contributed by atoms with van der Waals surface area (Å²) in [5.74, 6) is -1.84. The third-order valence-electron chi connectivity index (χ3n) is 6.10. The van der Waals surface area contributed by atoms with Gasteiger partial charge in [-0.1, -0.05) is 12.1 Å². The summed E-state index contributed by atoms with van der Waals surface area (Å²) in [7, 11) is 0. The maximum Gasteiger partial charge on any atom is 0.335 e. The highest BCUT2D eigenvalue weighted by Crippen LogP contribution is 2.18. The number of hydrogen-bond acceptors (Lipinski definition) is 8. The Balaban J connectivity index is 1.98. The highest BCUT2D eigenvalue weighted by Gasteiger charge is 2.27. The van der Waals surface area contributed by atoms with Crippen LogP contribution in [0.25, 0.3) is 11.0 Å². The van der Waals surface area contributed by atoms with Gasteiger partial charge < -0.3 is 35.4 Å². The summed E-state index contributed by atoms with van der Waals surface area (Å²) < 4.78 is 1.10. The quantitative estimate of drug-likeness (QED) is 0.236. The van der Waals surface area contributed by atoms with Gasteiger partial charge in [0.15, 0.2) is 5.69 Å². The molecule has 36 heavy (non-hydrogen) atoms. The van der Waals surface area contributed by atoms with Crippen molar-refractivity contribution in [2.45, 2.75) is 52.2 Å². The van der Waals surface area contributed by atoms with Gasteiger partial charge in [-0.15, -0.1) is 0 Å². The zero-order valence-electron chi connectivity index (χ0n) is 20.1. The van der Waals surface area contributed by atoms with Crippen LogP contribution in [0.1, 0.15) is 43.1 Å². The van der Waals surface area contributed by atoms with Crippen LogP contribution in [0.2, 0.25) is 0 Å². The molecule has 0 aliphatic heterocycles. The van der Waals surface area contributed by atoms with E-state index in [9.17, 15) is 29.7 Å². The monoisotopic (exact) mass is 499 g/mol. The van der Waals surface area contributed by atoms with Gasteiger partial charge in [-0.05, 0) is 61.2 Å². The van der Waals surface area contributed by atoms with Gasteiger partial charge in [0.2, 0.25) is 0 Å². The molecule has 0 saturated carbocycles. The average molecular weight is 500 g/mol. The van der Waals surface area contributed by atoms with E-state index in [0.29, 0.717) is 22.2 Å². The van der Waals surface area contributed by atoms with E-state index in [2.05, 4.69) is 10.3 Å². The number of aliphatic hydroxyl groups is 4. The second-order valence-corrected chi connectivity index (χ2v) is 8.75. The molecule has 0 aliphatic rings. The number of fused-ring (bicyclic) bond motifs is 1. The van der Waals surface area contributed by atoms with E-state index in [1.54, 1.807) is 31.2 Å². The second kappa shape index (κ2) is 11.0. The molecule has 0 bridgehead atoms. The molecule has 3 atom stereocenters. The van der Waals surface area contributed by atoms with Crippen LogP contribution in [0.3, 0.4) is 0 Å². The number of aromatic nitrogens is 2. The molecule has 11 nitrogen and oxygen atoms in total. The van der Waals surface area contributed by atoms with E-state index in [-0.39, 0.29) is 12.1 Å². The van der Waals surface area contributed by atoms with E-state index in [1.807, 2.05) is 13.8 Å². The number of nitrogens with one attached hydrogen (secondary N) is 1. The Morgan fingerprint density at radius 1 is 1.00 bits per heavy atom. The smallest absolute Gasteiger partial charge is 0.335 e. The van der Waals surface area contributed by atoms with Crippen molar-refractivity contribution < 1.29 is 35.1 Å². The third kappa shape index (κ3) is 5.60. The Morgan fingerprint density at radius 3 is 2.28 bits per heavy atom. The van der Waals surface area contributed by atoms with E-state index in [1.165, 1.54) is 6.07 Å². The highest BCUT2D eigenvalue weighted by molar-refractivity contribution is 5.94. The molecule has 1 amide bonds. The minimum absolute atomic E-state index is 0.00961. The summed E-state index contributed by atoms with van der Waals surface area (Å²) >= 11 is 0. The van der Waals surface area contributed by atoms with Crippen LogP contribution in [0.4, 0.5) is 0 Å². The van der Waals surface area contributed by atoms with E-state index in [4.69, 9.17) is 10.2 Å². The molecule has 6 N–H and O–H groups in total. The zero-order chi connectivity index (χ0) is 26.7. The molecular formula is C25H29N3O8. The van der Waals surface area contributed by atoms with E-state index in [0.717, 1.165) is 15.7 Å². The number of rotatable bonds is 9. The summed E-state index contributed by atoms with van der Waals surface area (Å²) in [5, 5.41) is 51.0. The first-order valence-corrected chi connectivity index (χ1v) is 11.2. The SMILES string of the molecule is Cc1cc2nc(C(=O)NCc3ccc(C(=O)O)c(C)c3)c(=O)n(C[C@H](O)[C@H](O)[C@H](O)CO)c2cc1C. The van der Waals surface area contributed by atoms with Gasteiger partial charge in [0, 0.05) is 6.54 Å². The average Bonchev–Trinajstić information content (AvgIpc) is 2.84. The number of hydrogen-bond donors (Lipinski definition) is 6. The number of carbonyl (C=O) groups is 2. The summed E-state index contributed by atoms with van der Waals surface area (Å²) in [6.07, 6.45) is -4.97. The summed E-state index contributed by atoms with van der Waals surface area (Å²) in [6, 6.07) is 7.97. The maximum absolute atomic E-state index is 13.3. The molecule has 2 aromatic carbocycles. The number of benzene rings is 2. The van der Waals surface area contributed by atoms with Crippen molar-refractivity contribution in [3.05, 3.63) is 74.2 Å². The first kappa shape index (κ1) is 27.0. The Kier molecular flexibility index (Phi) is 8.21. The summed E-state index contributed by atoms with van der Waals surface area (Å²) in [5.41, 5.74) is 2.36. The molecule has 0 unspecified atom stereocenters. The van der Waals surface area contributed by atoms with Crippen molar-refractivity contribution in [3.63, 3.8) is 0 Å². The van der Waals surface area contributed by atoms with Crippen molar-refractivity contribution in [2.75, 3.05) is 6.61 Å². The standard InChI is InChI=1S/C25H29N3O8/c1-12-7-17-18(8-13(12)2)28(10-19(30)22(32)20(31)11-29)24(34)21(27-17)23(33)26-9-15-4-5-16(25(35)36)14(3)6-15/h4-8,19-20,22,29-32H,9-11H2,1-3H3,(H,26,33)(H,35,36)/t19-,20+,22-/m0/s1. The van der Waals surface area contributed by atoms with E-state index < -0.39 is 54.6 Å². The number of carbonyl (C=O) groups excluding carboxylic acids is 1. The van der Waals surface area contributed by atoms with Crippen LogP contribution >= 0.6 is 0 Å².